The molecule has 0 fully saturated rings. The molecule has 0 amide bonds. The normalized spacial score (nSPS) is 11.3. The van der Waals surface area contributed by atoms with Crippen LogP contribution in [0.25, 0.3) is 22.4 Å². The number of aromatic nitrogens is 3. The minimum Gasteiger partial charge on any atom is -0.361 e. The maximum absolute atomic E-state index is 5.21. The molecule has 0 saturated carbocycles. The Labute approximate surface area is 113 Å². The van der Waals surface area contributed by atoms with Crippen LogP contribution in [-0.2, 0) is 7.05 Å². The molecule has 0 spiro atoms. The van der Waals surface area contributed by atoms with Crippen LogP contribution in [0.3, 0.4) is 0 Å². The quantitative estimate of drug-likeness (QED) is 0.690. The first-order valence-corrected chi connectivity index (χ1v) is 6.42. The van der Waals surface area contributed by atoms with Crippen molar-refractivity contribution in [3.8, 4) is 11.4 Å². The Morgan fingerprint density at radius 3 is 2.72 bits per heavy atom. The molecule has 3 aromatic rings. The monoisotopic (exact) mass is 305 g/mol. The Bertz CT molecular complexity index is 723. The summed E-state index contributed by atoms with van der Waals surface area (Å²) in [4.78, 5) is 4.66. The van der Waals surface area contributed by atoms with Crippen molar-refractivity contribution in [2.24, 2.45) is 7.05 Å². The highest BCUT2D eigenvalue weighted by Gasteiger charge is 2.18. The standard InChI is InChI=1S/C13H12BrN3O/c1-7-12(8(2)18-16-7)13-15-10-5-4-9(14)6-11(10)17(13)3/h4-6H,1-3H3. The van der Waals surface area contributed by atoms with Crippen LogP contribution in [0.15, 0.2) is 27.2 Å². The molecule has 0 bridgehead atoms. The van der Waals surface area contributed by atoms with Crippen LogP contribution in [0.4, 0.5) is 0 Å². The van der Waals surface area contributed by atoms with Gasteiger partial charge in [-0.2, -0.15) is 0 Å². The van der Waals surface area contributed by atoms with E-state index in [1.165, 1.54) is 0 Å². The van der Waals surface area contributed by atoms with E-state index in [9.17, 15) is 0 Å². The lowest BCUT2D eigenvalue weighted by molar-refractivity contribution is 0.393. The zero-order valence-electron chi connectivity index (χ0n) is 10.4. The van der Waals surface area contributed by atoms with Gasteiger partial charge in [-0.15, -0.1) is 0 Å². The van der Waals surface area contributed by atoms with Crippen molar-refractivity contribution >= 4 is 27.0 Å². The number of fused-ring (bicyclic) bond motifs is 1. The van der Waals surface area contributed by atoms with Crippen molar-refractivity contribution in [2.45, 2.75) is 13.8 Å². The average Bonchev–Trinajstić information content (AvgIpc) is 2.82. The Hall–Kier alpha value is -1.62. The first-order valence-electron chi connectivity index (χ1n) is 5.63. The van der Waals surface area contributed by atoms with Gasteiger partial charge in [-0.05, 0) is 32.0 Å². The summed E-state index contributed by atoms with van der Waals surface area (Å²) in [5, 5.41) is 3.98. The van der Waals surface area contributed by atoms with E-state index in [4.69, 9.17) is 4.52 Å². The topological polar surface area (TPSA) is 43.9 Å². The zero-order valence-corrected chi connectivity index (χ0v) is 11.9. The summed E-state index contributed by atoms with van der Waals surface area (Å²) in [7, 11) is 2.00. The molecule has 4 nitrogen and oxygen atoms in total. The van der Waals surface area contributed by atoms with Gasteiger partial charge in [-0.3, -0.25) is 0 Å². The predicted molar refractivity (Wildman–Crippen MR) is 73.4 cm³/mol. The van der Waals surface area contributed by atoms with E-state index >= 15 is 0 Å². The summed E-state index contributed by atoms with van der Waals surface area (Å²) < 4.78 is 8.32. The molecule has 0 aliphatic heterocycles. The van der Waals surface area contributed by atoms with Gasteiger partial charge < -0.3 is 9.09 Å². The van der Waals surface area contributed by atoms with Crippen LogP contribution in [0.2, 0.25) is 0 Å². The summed E-state index contributed by atoms with van der Waals surface area (Å²) in [5.41, 5.74) is 3.89. The number of halogens is 1. The van der Waals surface area contributed by atoms with Crippen molar-refractivity contribution in [1.82, 2.24) is 14.7 Å². The minimum absolute atomic E-state index is 0.796. The molecule has 2 heterocycles. The maximum atomic E-state index is 5.21. The summed E-state index contributed by atoms with van der Waals surface area (Å²) in [6.07, 6.45) is 0. The van der Waals surface area contributed by atoms with Gasteiger partial charge in [0, 0.05) is 11.5 Å². The fourth-order valence-corrected chi connectivity index (χ4v) is 2.54. The van der Waals surface area contributed by atoms with Crippen LogP contribution in [-0.4, -0.2) is 14.7 Å². The van der Waals surface area contributed by atoms with Gasteiger partial charge in [0.05, 0.1) is 22.3 Å². The molecular weight excluding hydrogens is 294 g/mol. The maximum Gasteiger partial charge on any atom is 0.146 e. The number of imidazole rings is 1. The average molecular weight is 306 g/mol. The molecular formula is C13H12BrN3O. The van der Waals surface area contributed by atoms with E-state index in [0.717, 1.165) is 38.3 Å². The third kappa shape index (κ3) is 1.58. The lowest BCUT2D eigenvalue weighted by Crippen LogP contribution is -1.94. The molecule has 0 atom stereocenters. The second-order valence-corrected chi connectivity index (χ2v) is 5.24. The van der Waals surface area contributed by atoms with Crippen LogP contribution in [0.5, 0.6) is 0 Å². The molecule has 0 N–H and O–H groups in total. The highest BCUT2D eigenvalue weighted by molar-refractivity contribution is 9.10. The Kier molecular flexibility index (Phi) is 2.52. The minimum atomic E-state index is 0.796. The number of rotatable bonds is 1. The second kappa shape index (κ2) is 3.95. The number of hydrogen-bond donors (Lipinski definition) is 0. The van der Waals surface area contributed by atoms with Crippen molar-refractivity contribution < 1.29 is 4.52 Å². The molecule has 0 aliphatic carbocycles. The van der Waals surface area contributed by atoms with Gasteiger partial charge in [0.2, 0.25) is 0 Å². The summed E-state index contributed by atoms with van der Waals surface area (Å²) in [6, 6.07) is 6.05. The number of nitrogens with zero attached hydrogens (tertiary/aromatic N) is 3. The Balaban J connectivity index is 2.34. The van der Waals surface area contributed by atoms with E-state index in [1.54, 1.807) is 0 Å². The first-order chi connectivity index (χ1) is 8.58. The Morgan fingerprint density at radius 1 is 1.28 bits per heavy atom. The molecule has 0 unspecified atom stereocenters. The molecule has 3 rings (SSSR count). The van der Waals surface area contributed by atoms with Crippen molar-refractivity contribution in [2.75, 3.05) is 0 Å². The van der Waals surface area contributed by atoms with E-state index in [1.807, 2.05) is 33.0 Å². The fraction of sp³-hybridized carbons (Fsp3) is 0.231. The number of hydrogen-bond acceptors (Lipinski definition) is 3. The van der Waals surface area contributed by atoms with Gasteiger partial charge in [0.15, 0.2) is 0 Å². The summed E-state index contributed by atoms with van der Waals surface area (Å²) >= 11 is 3.48. The molecule has 1 aromatic carbocycles. The van der Waals surface area contributed by atoms with E-state index < -0.39 is 0 Å². The van der Waals surface area contributed by atoms with Crippen LogP contribution >= 0.6 is 15.9 Å². The smallest absolute Gasteiger partial charge is 0.146 e. The molecule has 2 aromatic heterocycles. The van der Waals surface area contributed by atoms with Crippen molar-refractivity contribution in [3.63, 3.8) is 0 Å². The van der Waals surface area contributed by atoms with Crippen LogP contribution < -0.4 is 0 Å². The van der Waals surface area contributed by atoms with Gasteiger partial charge >= 0.3 is 0 Å². The van der Waals surface area contributed by atoms with Crippen LogP contribution in [0, 0.1) is 13.8 Å². The van der Waals surface area contributed by atoms with Crippen LogP contribution in [0.1, 0.15) is 11.5 Å². The molecule has 18 heavy (non-hydrogen) atoms. The zero-order chi connectivity index (χ0) is 12.9. The molecule has 0 radical (unpaired) electrons. The van der Waals surface area contributed by atoms with E-state index in [-0.39, 0.29) is 0 Å². The predicted octanol–water partition coefficient (Wildman–Crippen LogP) is 3.61. The largest absolute Gasteiger partial charge is 0.361 e. The van der Waals surface area contributed by atoms with Crippen molar-refractivity contribution in [3.05, 3.63) is 34.1 Å². The van der Waals surface area contributed by atoms with E-state index in [0.29, 0.717) is 0 Å². The number of aryl methyl sites for hydroxylation is 3. The summed E-state index contributed by atoms with van der Waals surface area (Å²) in [5.74, 6) is 1.68. The van der Waals surface area contributed by atoms with Gasteiger partial charge in [0.1, 0.15) is 11.6 Å². The first kappa shape index (κ1) is 11.5. The SMILES string of the molecule is Cc1noc(C)c1-c1nc2ccc(Br)cc2n1C. The lowest BCUT2D eigenvalue weighted by Gasteiger charge is -2.01. The second-order valence-electron chi connectivity index (χ2n) is 4.33. The van der Waals surface area contributed by atoms with E-state index in [2.05, 4.69) is 36.7 Å². The third-order valence-corrected chi connectivity index (χ3v) is 3.59. The lowest BCUT2D eigenvalue weighted by atomic mass is 10.2. The summed E-state index contributed by atoms with van der Waals surface area (Å²) in [6.45, 7) is 3.84. The molecule has 92 valence electrons. The van der Waals surface area contributed by atoms with Crippen molar-refractivity contribution in [1.29, 1.82) is 0 Å². The van der Waals surface area contributed by atoms with Gasteiger partial charge in [-0.1, -0.05) is 21.1 Å². The molecule has 5 heteroatoms. The molecule has 0 saturated heterocycles. The van der Waals surface area contributed by atoms with Gasteiger partial charge in [-0.25, -0.2) is 4.98 Å². The van der Waals surface area contributed by atoms with Gasteiger partial charge in [0.25, 0.3) is 0 Å². The highest BCUT2D eigenvalue weighted by Crippen LogP contribution is 2.29. The molecule has 0 aliphatic rings. The highest BCUT2D eigenvalue weighted by atomic mass is 79.9. The number of benzene rings is 1. The fourth-order valence-electron chi connectivity index (χ4n) is 2.19. The Morgan fingerprint density at radius 2 is 2.06 bits per heavy atom. The third-order valence-electron chi connectivity index (χ3n) is 3.10.